The van der Waals surface area contributed by atoms with Gasteiger partial charge in [-0.2, -0.15) is 15.6 Å². The van der Waals surface area contributed by atoms with Crippen LogP contribution in [0.25, 0.3) is 6.08 Å². The molecule has 12 nitrogen and oxygen atoms in total. The molecule has 1 fully saturated rings. The van der Waals surface area contributed by atoms with Gasteiger partial charge in [0, 0.05) is 28.0 Å². The van der Waals surface area contributed by atoms with Crippen LogP contribution in [0.15, 0.2) is 85.5 Å². The fourth-order valence-corrected chi connectivity index (χ4v) is 7.13. The van der Waals surface area contributed by atoms with Gasteiger partial charge in [-0.25, -0.2) is 27.6 Å². The minimum atomic E-state index is -1.88. The number of hydrogen-bond donors (Lipinski definition) is 0. The number of esters is 2. The molecule has 0 N–H and O–H groups in total. The maximum absolute atomic E-state index is 16.0. The largest absolute Gasteiger partial charge is 0.460 e. The van der Waals surface area contributed by atoms with Crippen LogP contribution >= 0.6 is 11.8 Å². The van der Waals surface area contributed by atoms with Gasteiger partial charge >= 0.3 is 11.9 Å². The molecule has 16 heteroatoms. The van der Waals surface area contributed by atoms with Crippen molar-refractivity contribution in [2.24, 2.45) is 0 Å². The lowest BCUT2D eigenvalue weighted by Gasteiger charge is -2.40. The lowest BCUT2D eigenvalue weighted by molar-refractivity contribution is -0.146. The van der Waals surface area contributed by atoms with Gasteiger partial charge < -0.3 is 18.9 Å². The van der Waals surface area contributed by atoms with Crippen LogP contribution in [0.5, 0.6) is 0 Å². The summed E-state index contributed by atoms with van der Waals surface area (Å²) in [6.07, 6.45) is 8.31. The van der Waals surface area contributed by atoms with E-state index in [0.29, 0.717) is 11.6 Å². The first-order valence-electron chi connectivity index (χ1n) is 17.2. The number of rotatable bonds is 15. The standard InChI is InChI=1S/C40H37F3N6O6S/c1-26(56-32-21-53-38(54-22-32)7-5-4-6-29-10-8-28(18-45)15-35(29)42)40(23-49-25-46-24-47-49,34-13-12-31(41)16-36(34)43)55-39(51)33-14-27(17-44)9-11-30(33)20-52-37(50)19-48(2)3/h4-16,24-26,32,38H,19-23H2,1-3H3/t26-,32?,38?,40-/m1/s1. The minimum absolute atomic E-state index is 0.0144. The van der Waals surface area contributed by atoms with Crippen LogP contribution in [0.2, 0.25) is 0 Å². The molecule has 290 valence electrons. The summed E-state index contributed by atoms with van der Waals surface area (Å²) < 4.78 is 69.4. The van der Waals surface area contributed by atoms with Gasteiger partial charge in [0.2, 0.25) is 0 Å². The quantitative estimate of drug-likeness (QED) is 0.104. The average molecular weight is 787 g/mol. The molecule has 3 aromatic carbocycles. The van der Waals surface area contributed by atoms with Crippen LogP contribution in [0, 0.1) is 40.1 Å². The van der Waals surface area contributed by atoms with E-state index in [1.165, 1.54) is 71.6 Å². The van der Waals surface area contributed by atoms with Crippen LogP contribution in [0.3, 0.4) is 0 Å². The Morgan fingerprint density at radius 1 is 1.04 bits per heavy atom. The molecule has 0 spiro atoms. The molecule has 56 heavy (non-hydrogen) atoms. The van der Waals surface area contributed by atoms with E-state index in [1.54, 1.807) is 44.1 Å². The summed E-state index contributed by atoms with van der Waals surface area (Å²) in [5.74, 6) is -3.88. The number of nitrogens with zero attached hydrogens (tertiary/aromatic N) is 6. The van der Waals surface area contributed by atoms with E-state index in [0.717, 1.165) is 12.1 Å². The number of nitriles is 2. The second kappa shape index (κ2) is 19.2. The molecule has 0 saturated carbocycles. The summed E-state index contributed by atoms with van der Waals surface area (Å²) in [7, 11) is 3.39. The van der Waals surface area contributed by atoms with Gasteiger partial charge in [0.15, 0.2) is 11.9 Å². The topological polar surface area (TPSA) is 153 Å². The summed E-state index contributed by atoms with van der Waals surface area (Å²) >= 11 is 1.28. The van der Waals surface area contributed by atoms with E-state index < -0.39 is 46.5 Å². The van der Waals surface area contributed by atoms with Crippen molar-refractivity contribution in [2.45, 2.75) is 42.5 Å². The molecule has 1 aliphatic heterocycles. The molecule has 1 aliphatic rings. The Hall–Kier alpha value is -5.78. The van der Waals surface area contributed by atoms with Crippen molar-refractivity contribution in [1.29, 1.82) is 10.5 Å². The Morgan fingerprint density at radius 3 is 2.43 bits per heavy atom. The van der Waals surface area contributed by atoms with Crippen molar-refractivity contribution in [3.05, 3.63) is 136 Å². The number of carbonyl (C=O) groups excluding carboxylic acids is 2. The van der Waals surface area contributed by atoms with E-state index in [-0.39, 0.29) is 66.0 Å². The molecule has 0 aliphatic carbocycles. The molecule has 2 atom stereocenters. The first-order valence-corrected chi connectivity index (χ1v) is 18.1. The van der Waals surface area contributed by atoms with E-state index >= 15 is 4.39 Å². The molecule has 4 aromatic rings. The molecule has 5 rings (SSSR count). The molecule has 2 heterocycles. The van der Waals surface area contributed by atoms with Gasteiger partial charge in [-0.05, 0) is 63.5 Å². The normalized spacial score (nSPS) is 17.3. The predicted octanol–water partition coefficient (Wildman–Crippen LogP) is 5.93. The maximum Gasteiger partial charge on any atom is 0.339 e. The van der Waals surface area contributed by atoms with Gasteiger partial charge in [-0.15, -0.1) is 11.8 Å². The number of likely N-dealkylation sites (N-methyl/N-ethyl adjacent to an activating group) is 1. The van der Waals surface area contributed by atoms with Crippen molar-refractivity contribution in [2.75, 3.05) is 33.9 Å². The zero-order valence-corrected chi connectivity index (χ0v) is 31.4. The van der Waals surface area contributed by atoms with E-state index in [2.05, 4.69) is 10.1 Å². The number of thioether (sulfide) groups is 1. The molecular weight excluding hydrogens is 750 g/mol. The van der Waals surface area contributed by atoms with Crippen molar-refractivity contribution in [1.82, 2.24) is 19.7 Å². The van der Waals surface area contributed by atoms with Crippen LogP contribution in [0.4, 0.5) is 13.2 Å². The van der Waals surface area contributed by atoms with E-state index in [1.807, 2.05) is 12.1 Å². The van der Waals surface area contributed by atoms with E-state index in [4.69, 9.17) is 24.2 Å². The van der Waals surface area contributed by atoms with Crippen molar-refractivity contribution >= 4 is 29.8 Å². The highest BCUT2D eigenvalue weighted by Crippen LogP contribution is 2.42. The van der Waals surface area contributed by atoms with Gasteiger partial charge in [0.05, 0.1) is 60.4 Å². The number of halogens is 3. The van der Waals surface area contributed by atoms with Crippen molar-refractivity contribution in [3.63, 3.8) is 0 Å². The lowest BCUT2D eigenvalue weighted by Crippen LogP contribution is -2.47. The molecule has 0 radical (unpaired) electrons. The highest BCUT2D eigenvalue weighted by atomic mass is 32.2. The minimum Gasteiger partial charge on any atom is -0.460 e. The van der Waals surface area contributed by atoms with Crippen molar-refractivity contribution in [3.8, 4) is 12.1 Å². The number of benzene rings is 3. The predicted molar refractivity (Wildman–Crippen MR) is 199 cm³/mol. The zero-order chi connectivity index (χ0) is 40.2. The van der Waals surface area contributed by atoms with Gasteiger partial charge in [-0.3, -0.25) is 9.69 Å². The molecular formula is C40H37F3N6O6S. The lowest BCUT2D eigenvalue weighted by atomic mass is 9.89. The fourth-order valence-electron chi connectivity index (χ4n) is 5.77. The smallest absolute Gasteiger partial charge is 0.339 e. The van der Waals surface area contributed by atoms with Crippen molar-refractivity contribution < 1.29 is 41.7 Å². The Morgan fingerprint density at radius 2 is 1.77 bits per heavy atom. The second-order valence-corrected chi connectivity index (χ2v) is 14.6. The van der Waals surface area contributed by atoms with Crippen LogP contribution < -0.4 is 0 Å². The first-order chi connectivity index (χ1) is 26.9. The zero-order valence-electron chi connectivity index (χ0n) is 30.6. The van der Waals surface area contributed by atoms with Gasteiger partial charge in [0.25, 0.3) is 0 Å². The fraction of sp³-hybridized carbons (Fsp3) is 0.300. The third kappa shape index (κ3) is 10.7. The molecule has 1 saturated heterocycles. The molecule has 0 unspecified atom stereocenters. The Kier molecular flexibility index (Phi) is 14.2. The number of carbonyl (C=O) groups is 2. The SMILES string of the molecule is C[C@@H](SC1COC(C=CC=Cc2ccc(C#N)cc2F)OC1)[C@@](Cn1cncn1)(OC(=O)c1cc(C#N)ccc1COC(=O)CN(C)C)c1ccc(F)cc1F. The molecule has 0 amide bonds. The highest BCUT2D eigenvalue weighted by molar-refractivity contribution is 8.00. The summed E-state index contributed by atoms with van der Waals surface area (Å²) in [5.41, 5.74) is -1.25. The van der Waals surface area contributed by atoms with Gasteiger partial charge in [-0.1, -0.05) is 30.4 Å². The second-order valence-electron chi connectivity index (χ2n) is 12.9. The molecule has 1 aromatic heterocycles. The Labute approximate surface area is 325 Å². The number of ether oxygens (including phenoxy) is 4. The van der Waals surface area contributed by atoms with Crippen LogP contribution in [0.1, 0.15) is 45.1 Å². The number of aromatic nitrogens is 3. The first kappa shape index (κ1) is 41.4. The molecule has 0 bridgehead atoms. The average Bonchev–Trinajstić information content (AvgIpc) is 3.69. The van der Waals surface area contributed by atoms with E-state index in [9.17, 15) is 23.6 Å². The Balaban J connectivity index is 1.40. The monoisotopic (exact) mass is 786 g/mol. The van der Waals surface area contributed by atoms with Crippen LogP contribution in [-0.4, -0.2) is 82.2 Å². The third-order valence-electron chi connectivity index (χ3n) is 8.55. The van der Waals surface area contributed by atoms with Gasteiger partial charge in [0.1, 0.15) is 36.7 Å². The van der Waals surface area contributed by atoms with Crippen LogP contribution in [-0.2, 0) is 42.5 Å². The Bertz CT molecular complexity index is 2160. The highest BCUT2D eigenvalue weighted by Gasteiger charge is 2.47. The summed E-state index contributed by atoms with van der Waals surface area (Å²) in [4.78, 5) is 32.3. The summed E-state index contributed by atoms with van der Waals surface area (Å²) in [5, 5.41) is 21.7. The maximum atomic E-state index is 16.0. The number of hydrogen-bond acceptors (Lipinski definition) is 12. The third-order valence-corrected chi connectivity index (χ3v) is 9.99. The summed E-state index contributed by atoms with van der Waals surface area (Å²) in [6.45, 7) is 1.47. The number of allylic oxidation sites excluding steroid dienone is 2. The summed E-state index contributed by atoms with van der Waals surface area (Å²) in [6, 6.07) is 15.2.